The zero-order valence-corrected chi connectivity index (χ0v) is 16.4. The normalized spacial score (nSPS) is 11.3. The number of nitrogens with zero attached hydrogens (tertiary/aromatic N) is 3. The lowest BCUT2D eigenvalue weighted by molar-refractivity contribution is -0.115. The largest absolute Gasteiger partial charge is 0.342 e. The topological polar surface area (TPSA) is 88.9 Å². The van der Waals surface area contributed by atoms with E-state index in [4.69, 9.17) is 0 Å². The number of rotatable bonds is 5. The maximum Gasteiger partial charge on any atom is 0.231 e. The van der Waals surface area contributed by atoms with Crippen LogP contribution in [0.5, 0.6) is 0 Å². The van der Waals surface area contributed by atoms with Gasteiger partial charge in [-0.3, -0.25) is 14.9 Å². The average Bonchev–Trinajstić information content (AvgIpc) is 2.91. The molecule has 0 unspecified atom stereocenters. The monoisotopic (exact) mass is 367 g/mol. The average molecular weight is 367 g/mol. The molecule has 0 spiro atoms. The Labute approximate surface area is 158 Å². The van der Waals surface area contributed by atoms with Gasteiger partial charge in [0.15, 0.2) is 0 Å². The molecule has 7 heteroatoms. The first-order chi connectivity index (χ1) is 12.8. The van der Waals surface area contributed by atoms with E-state index in [0.717, 1.165) is 34.8 Å². The molecule has 27 heavy (non-hydrogen) atoms. The van der Waals surface area contributed by atoms with E-state index in [1.807, 2.05) is 12.1 Å². The lowest BCUT2D eigenvalue weighted by Gasteiger charge is -2.19. The lowest BCUT2D eigenvalue weighted by Crippen LogP contribution is -2.13. The molecule has 3 rings (SSSR count). The summed E-state index contributed by atoms with van der Waals surface area (Å²) in [6.45, 7) is 9.30. The predicted molar refractivity (Wildman–Crippen MR) is 108 cm³/mol. The fraction of sp³-hybridized carbons (Fsp3) is 0.400. The van der Waals surface area contributed by atoms with E-state index in [1.54, 1.807) is 0 Å². The molecule has 2 N–H and O–H groups in total. The molecule has 0 aliphatic heterocycles. The van der Waals surface area contributed by atoms with Gasteiger partial charge in [0.2, 0.25) is 17.8 Å². The van der Waals surface area contributed by atoms with Crippen LogP contribution >= 0.6 is 0 Å². The third-order valence-electron chi connectivity index (χ3n) is 4.76. The van der Waals surface area contributed by atoms with Gasteiger partial charge in [-0.1, -0.05) is 13.8 Å². The fourth-order valence-corrected chi connectivity index (χ4v) is 3.67. The van der Waals surface area contributed by atoms with Gasteiger partial charge in [-0.05, 0) is 38.0 Å². The summed E-state index contributed by atoms with van der Waals surface area (Å²) < 4.78 is 2.34. The van der Waals surface area contributed by atoms with E-state index in [0.29, 0.717) is 17.4 Å². The number of carbonyl (C=O) groups is 2. The summed E-state index contributed by atoms with van der Waals surface area (Å²) in [6.07, 6.45) is 2.07. The highest BCUT2D eigenvalue weighted by molar-refractivity contribution is 6.13. The number of carbonyl (C=O) groups excluding carboxylic acids is 2. The Kier molecular flexibility index (Phi) is 5.12. The Balaban J connectivity index is 2.34. The molecule has 7 nitrogen and oxygen atoms in total. The minimum Gasteiger partial charge on any atom is -0.342 e. The molecule has 0 atom stereocenters. The summed E-state index contributed by atoms with van der Waals surface area (Å²) >= 11 is 0. The van der Waals surface area contributed by atoms with Crippen LogP contribution in [-0.2, 0) is 9.59 Å². The number of aromatic nitrogens is 3. The summed E-state index contributed by atoms with van der Waals surface area (Å²) in [7, 11) is 0. The Bertz CT molecular complexity index is 1030. The molecule has 0 bridgehead atoms. The smallest absolute Gasteiger partial charge is 0.231 e. The molecule has 2 heterocycles. The Morgan fingerprint density at radius 1 is 1.07 bits per heavy atom. The van der Waals surface area contributed by atoms with Crippen LogP contribution in [0, 0.1) is 6.92 Å². The van der Waals surface area contributed by atoms with E-state index in [9.17, 15) is 9.59 Å². The first-order valence-corrected chi connectivity index (χ1v) is 9.23. The first-order valence-electron chi connectivity index (χ1n) is 9.23. The predicted octanol–water partition coefficient (Wildman–Crippen LogP) is 4.17. The number of nitrogens with one attached hydrogen (secondary N) is 2. The summed E-state index contributed by atoms with van der Waals surface area (Å²) in [5.74, 6) is 0.0923. The summed E-state index contributed by atoms with van der Waals surface area (Å²) in [5, 5.41) is 7.16. The summed E-state index contributed by atoms with van der Waals surface area (Å²) in [4.78, 5) is 32.0. The minimum atomic E-state index is -0.264. The quantitative estimate of drug-likeness (QED) is 0.708. The molecule has 142 valence electrons. The van der Waals surface area contributed by atoms with Crippen molar-refractivity contribution in [1.29, 1.82) is 0 Å². The molecule has 1 aromatic carbocycles. The van der Waals surface area contributed by atoms with Gasteiger partial charge in [-0.2, -0.15) is 4.98 Å². The number of hydrogen-bond acceptors (Lipinski definition) is 4. The van der Waals surface area contributed by atoms with Crippen LogP contribution in [0.25, 0.3) is 21.8 Å². The standard InChI is InChI=1S/C20H25N5O2/c1-6-14(7-2)25-11(3)10-15-17(25)9-8-16-18(15)19(21-12(4)26)24-20(23-16)22-13(5)27/h8-10,14H,6-7H2,1-5H3,(H2,21,22,23,24,26,27). The maximum atomic E-state index is 11.7. The zero-order chi connectivity index (χ0) is 19.7. The van der Waals surface area contributed by atoms with Gasteiger partial charge in [0.05, 0.1) is 10.9 Å². The van der Waals surface area contributed by atoms with Crippen LogP contribution in [0.2, 0.25) is 0 Å². The van der Waals surface area contributed by atoms with Crippen LogP contribution in [0.15, 0.2) is 18.2 Å². The molecule has 0 aliphatic rings. The van der Waals surface area contributed by atoms with Gasteiger partial charge in [0.25, 0.3) is 0 Å². The van der Waals surface area contributed by atoms with Gasteiger partial charge in [-0.25, -0.2) is 4.98 Å². The second-order valence-corrected chi connectivity index (χ2v) is 6.78. The highest BCUT2D eigenvalue weighted by Gasteiger charge is 2.18. The van der Waals surface area contributed by atoms with Crippen molar-refractivity contribution in [3.05, 3.63) is 23.9 Å². The van der Waals surface area contributed by atoms with Gasteiger partial charge in [0.1, 0.15) is 5.82 Å². The minimum absolute atomic E-state index is 0.175. The van der Waals surface area contributed by atoms with Gasteiger partial charge in [-0.15, -0.1) is 0 Å². The molecular weight excluding hydrogens is 342 g/mol. The molecule has 3 aromatic rings. The van der Waals surface area contributed by atoms with Crippen molar-refractivity contribution in [2.45, 2.75) is 53.5 Å². The Hall–Kier alpha value is -2.96. The van der Waals surface area contributed by atoms with Crippen molar-refractivity contribution in [2.75, 3.05) is 10.6 Å². The number of hydrogen-bond donors (Lipinski definition) is 2. The third-order valence-corrected chi connectivity index (χ3v) is 4.76. The number of amides is 2. The van der Waals surface area contributed by atoms with Crippen LogP contribution in [0.1, 0.15) is 52.3 Å². The second kappa shape index (κ2) is 7.34. The van der Waals surface area contributed by atoms with Crippen LogP contribution in [-0.4, -0.2) is 26.3 Å². The molecule has 0 saturated carbocycles. The van der Waals surface area contributed by atoms with Crippen LogP contribution in [0.4, 0.5) is 11.8 Å². The molecule has 0 radical (unpaired) electrons. The van der Waals surface area contributed by atoms with Crippen molar-refractivity contribution < 1.29 is 9.59 Å². The second-order valence-electron chi connectivity index (χ2n) is 6.78. The number of aryl methyl sites for hydroxylation is 1. The molecule has 0 saturated heterocycles. The first kappa shape index (κ1) is 18.8. The van der Waals surface area contributed by atoms with Crippen molar-refractivity contribution in [2.24, 2.45) is 0 Å². The van der Waals surface area contributed by atoms with Crippen molar-refractivity contribution in [1.82, 2.24) is 14.5 Å². The third kappa shape index (κ3) is 3.49. The van der Waals surface area contributed by atoms with Gasteiger partial charge in [0, 0.05) is 36.5 Å². The highest BCUT2D eigenvalue weighted by Crippen LogP contribution is 2.35. The van der Waals surface area contributed by atoms with Gasteiger partial charge >= 0.3 is 0 Å². The maximum absolute atomic E-state index is 11.7. The van der Waals surface area contributed by atoms with E-state index in [1.165, 1.54) is 13.8 Å². The fourth-order valence-electron chi connectivity index (χ4n) is 3.67. The molecule has 2 aromatic heterocycles. The highest BCUT2D eigenvalue weighted by atomic mass is 16.2. The van der Waals surface area contributed by atoms with Crippen LogP contribution in [0.3, 0.4) is 0 Å². The zero-order valence-electron chi connectivity index (χ0n) is 16.4. The lowest BCUT2D eigenvalue weighted by atomic mass is 10.1. The molecule has 0 aliphatic carbocycles. The SMILES string of the molecule is CCC(CC)n1c(C)cc2c3c(NC(C)=O)nc(NC(C)=O)nc3ccc21. The number of fused-ring (bicyclic) bond motifs is 3. The Morgan fingerprint density at radius 2 is 1.74 bits per heavy atom. The summed E-state index contributed by atoms with van der Waals surface area (Å²) in [5.41, 5.74) is 2.92. The van der Waals surface area contributed by atoms with Crippen molar-refractivity contribution >= 4 is 45.4 Å². The Morgan fingerprint density at radius 3 is 2.33 bits per heavy atom. The van der Waals surface area contributed by atoms with Gasteiger partial charge < -0.3 is 9.88 Å². The van der Waals surface area contributed by atoms with Crippen molar-refractivity contribution in [3.8, 4) is 0 Å². The molecular formula is C20H25N5O2. The van der Waals surface area contributed by atoms with E-state index < -0.39 is 0 Å². The molecule has 0 fully saturated rings. The van der Waals surface area contributed by atoms with Crippen molar-refractivity contribution in [3.63, 3.8) is 0 Å². The van der Waals surface area contributed by atoms with E-state index >= 15 is 0 Å². The van der Waals surface area contributed by atoms with Crippen LogP contribution < -0.4 is 10.6 Å². The van der Waals surface area contributed by atoms with E-state index in [-0.39, 0.29) is 17.8 Å². The van der Waals surface area contributed by atoms with E-state index in [2.05, 4.69) is 52.0 Å². The number of anilines is 2. The number of benzene rings is 1. The molecule has 2 amide bonds. The summed E-state index contributed by atoms with van der Waals surface area (Å²) in [6, 6.07) is 6.48.